The lowest BCUT2D eigenvalue weighted by Crippen LogP contribution is -2.45. The Labute approximate surface area is 133 Å². The molecule has 2 fully saturated rings. The number of hydrogen-bond acceptors (Lipinski definition) is 4. The molecule has 0 aromatic carbocycles. The number of nitrogens with zero attached hydrogens (tertiary/aromatic N) is 1. The van der Waals surface area contributed by atoms with E-state index in [0.717, 1.165) is 36.7 Å². The van der Waals surface area contributed by atoms with Crippen LogP contribution in [-0.2, 0) is 0 Å². The smallest absolute Gasteiger partial charge is 0.263 e. The number of hydrogen-bond donors (Lipinski definition) is 1. The van der Waals surface area contributed by atoms with Crippen molar-refractivity contribution in [3.8, 4) is 0 Å². The number of thiophene rings is 2. The number of carbonyl (C=O) groups is 1. The summed E-state index contributed by atoms with van der Waals surface area (Å²) in [6.07, 6.45) is 5.00. The third-order valence-electron chi connectivity index (χ3n) is 4.52. The molecule has 0 radical (unpaired) electrons. The molecular weight excluding hydrogens is 300 g/mol. The van der Waals surface area contributed by atoms with E-state index in [1.807, 2.05) is 4.90 Å². The predicted molar refractivity (Wildman–Crippen MR) is 89.4 cm³/mol. The first kappa shape index (κ1) is 13.7. The number of nitrogens with one attached hydrogen (secondary N) is 1. The first-order valence-corrected chi connectivity index (χ1v) is 9.49. The SMILES string of the molecule is O=C(c1cc2sccc2s1)N1CCC(NCC2CC2)CC1. The van der Waals surface area contributed by atoms with Crippen LogP contribution in [0.25, 0.3) is 9.40 Å². The van der Waals surface area contributed by atoms with Gasteiger partial charge in [0.15, 0.2) is 0 Å². The monoisotopic (exact) mass is 320 g/mol. The fourth-order valence-corrected chi connectivity index (χ4v) is 5.05. The molecule has 4 rings (SSSR count). The van der Waals surface area contributed by atoms with Crippen molar-refractivity contribution in [3.63, 3.8) is 0 Å². The van der Waals surface area contributed by atoms with Crippen LogP contribution >= 0.6 is 22.7 Å². The Kier molecular flexibility index (Phi) is 3.73. The third-order valence-corrected chi connectivity index (χ3v) is 6.61. The number of likely N-dealkylation sites (tertiary alicyclic amines) is 1. The van der Waals surface area contributed by atoms with Gasteiger partial charge in [-0.1, -0.05) is 0 Å². The van der Waals surface area contributed by atoms with Crippen LogP contribution in [0, 0.1) is 5.92 Å². The molecule has 0 atom stereocenters. The largest absolute Gasteiger partial charge is 0.338 e. The first-order chi connectivity index (χ1) is 10.3. The van der Waals surface area contributed by atoms with E-state index in [1.165, 1.54) is 28.8 Å². The van der Waals surface area contributed by atoms with Crippen LogP contribution in [0.4, 0.5) is 0 Å². The van der Waals surface area contributed by atoms with Crippen molar-refractivity contribution in [1.82, 2.24) is 10.2 Å². The van der Waals surface area contributed by atoms with Gasteiger partial charge in [0.2, 0.25) is 0 Å². The van der Waals surface area contributed by atoms with Gasteiger partial charge in [0.05, 0.1) is 4.88 Å². The average molecular weight is 320 g/mol. The molecule has 0 bridgehead atoms. The lowest BCUT2D eigenvalue weighted by molar-refractivity contribution is 0.0710. The highest BCUT2D eigenvalue weighted by atomic mass is 32.1. The van der Waals surface area contributed by atoms with Crippen LogP contribution in [-0.4, -0.2) is 36.5 Å². The molecule has 1 saturated heterocycles. The van der Waals surface area contributed by atoms with Gasteiger partial charge in [-0.15, -0.1) is 22.7 Å². The second kappa shape index (κ2) is 5.71. The van der Waals surface area contributed by atoms with Crippen molar-refractivity contribution in [1.29, 1.82) is 0 Å². The van der Waals surface area contributed by atoms with Gasteiger partial charge in [-0.25, -0.2) is 0 Å². The maximum absolute atomic E-state index is 12.6. The molecular formula is C16H20N2OS2. The molecule has 2 aliphatic rings. The maximum Gasteiger partial charge on any atom is 0.263 e. The molecule has 1 saturated carbocycles. The van der Waals surface area contributed by atoms with E-state index in [4.69, 9.17) is 0 Å². The standard InChI is InChI=1S/C16H20N2OS2/c19-16(15-9-14-13(21-15)5-8-20-14)18-6-3-12(4-7-18)17-10-11-1-2-11/h5,8-9,11-12,17H,1-4,6-7,10H2. The van der Waals surface area contributed by atoms with Gasteiger partial charge in [-0.05, 0) is 55.7 Å². The Balaban J connectivity index is 1.34. The number of carbonyl (C=O) groups excluding carboxylic acids is 1. The van der Waals surface area contributed by atoms with Gasteiger partial charge in [0.25, 0.3) is 5.91 Å². The van der Waals surface area contributed by atoms with Crippen LogP contribution in [0.5, 0.6) is 0 Å². The Morgan fingerprint density at radius 2 is 2.05 bits per heavy atom. The molecule has 1 aliphatic heterocycles. The highest BCUT2D eigenvalue weighted by molar-refractivity contribution is 7.27. The second-order valence-electron chi connectivity index (χ2n) is 6.18. The number of piperidine rings is 1. The highest BCUT2D eigenvalue weighted by Gasteiger charge is 2.27. The van der Waals surface area contributed by atoms with Crippen LogP contribution in [0.1, 0.15) is 35.4 Å². The van der Waals surface area contributed by atoms with Crippen molar-refractivity contribution in [3.05, 3.63) is 22.4 Å². The van der Waals surface area contributed by atoms with Crippen LogP contribution < -0.4 is 5.32 Å². The first-order valence-electron chi connectivity index (χ1n) is 7.79. The van der Waals surface area contributed by atoms with Gasteiger partial charge in [-0.2, -0.15) is 0 Å². The fourth-order valence-electron chi connectivity index (χ4n) is 2.97. The molecule has 2 aromatic rings. The van der Waals surface area contributed by atoms with Gasteiger partial charge in [0.1, 0.15) is 0 Å². The van der Waals surface area contributed by atoms with Crippen molar-refractivity contribution < 1.29 is 4.79 Å². The molecule has 112 valence electrons. The zero-order valence-electron chi connectivity index (χ0n) is 12.0. The lowest BCUT2D eigenvalue weighted by atomic mass is 10.0. The van der Waals surface area contributed by atoms with E-state index < -0.39 is 0 Å². The van der Waals surface area contributed by atoms with Crippen molar-refractivity contribution in [2.45, 2.75) is 31.7 Å². The van der Waals surface area contributed by atoms with Crippen LogP contribution in [0.15, 0.2) is 17.5 Å². The van der Waals surface area contributed by atoms with Gasteiger partial charge < -0.3 is 10.2 Å². The molecule has 0 spiro atoms. The van der Waals surface area contributed by atoms with Gasteiger partial charge in [-0.3, -0.25) is 4.79 Å². The van der Waals surface area contributed by atoms with E-state index in [-0.39, 0.29) is 5.91 Å². The number of rotatable bonds is 4. The van der Waals surface area contributed by atoms with E-state index in [9.17, 15) is 4.79 Å². The minimum Gasteiger partial charge on any atom is -0.338 e. The van der Waals surface area contributed by atoms with Crippen LogP contribution in [0.3, 0.4) is 0 Å². The Morgan fingerprint density at radius 3 is 2.76 bits per heavy atom. The summed E-state index contributed by atoms with van der Waals surface area (Å²) in [5, 5.41) is 5.76. The molecule has 5 heteroatoms. The summed E-state index contributed by atoms with van der Waals surface area (Å²) in [6, 6.07) is 4.78. The minimum atomic E-state index is 0.226. The molecule has 1 amide bonds. The Hall–Kier alpha value is -0.910. The van der Waals surface area contributed by atoms with Crippen molar-refractivity contribution >= 4 is 38.0 Å². The molecule has 1 aliphatic carbocycles. The van der Waals surface area contributed by atoms with Crippen molar-refractivity contribution in [2.24, 2.45) is 5.92 Å². The average Bonchev–Trinajstić information content (AvgIpc) is 3.09. The topological polar surface area (TPSA) is 32.3 Å². The number of fused-ring (bicyclic) bond motifs is 1. The molecule has 21 heavy (non-hydrogen) atoms. The zero-order valence-corrected chi connectivity index (χ0v) is 13.6. The normalized spacial score (nSPS) is 20.3. The lowest BCUT2D eigenvalue weighted by Gasteiger charge is -2.32. The quantitative estimate of drug-likeness (QED) is 0.934. The minimum absolute atomic E-state index is 0.226. The van der Waals surface area contributed by atoms with E-state index in [1.54, 1.807) is 22.7 Å². The summed E-state index contributed by atoms with van der Waals surface area (Å²) in [5.41, 5.74) is 0. The highest BCUT2D eigenvalue weighted by Crippen LogP contribution is 2.31. The summed E-state index contributed by atoms with van der Waals surface area (Å²) in [4.78, 5) is 15.5. The zero-order chi connectivity index (χ0) is 14.2. The van der Waals surface area contributed by atoms with Gasteiger partial charge in [0, 0.05) is 28.5 Å². The summed E-state index contributed by atoms with van der Waals surface area (Å²) in [5.74, 6) is 1.16. The Bertz CT molecular complexity index is 607. The summed E-state index contributed by atoms with van der Waals surface area (Å²) >= 11 is 3.35. The summed E-state index contributed by atoms with van der Waals surface area (Å²) < 4.78 is 2.48. The van der Waals surface area contributed by atoms with E-state index in [2.05, 4.69) is 22.8 Å². The molecule has 1 N–H and O–H groups in total. The molecule has 3 heterocycles. The third kappa shape index (κ3) is 3.00. The second-order valence-corrected chi connectivity index (χ2v) is 8.21. The summed E-state index contributed by atoms with van der Waals surface area (Å²) in [7, 11) is 0. The molecule has 0 unspecified atom stereocenters. The molecule has 3 nitrogen and oxygen atoms in total. The van der Waals surface area contributed by atoms with Crippen LogP contribution in [0.2, 0.25) is 0 Å². The summed E-state index contributed by atoms with van der Waals surface area (Å²) in [6.45, 7) is 2.97. The van der Waals surface area contributed by atoms with E-state index in [0.29, 0.717) is 6.04 Å². The maximum atomic E-state index is 12.6. The Morgan fingerprint density at radius 1 is 1.24 bits per heavy atom. The fraction of sp³-hybridized carbons (Fsp3) is 0.562. The molecule has 2 aromatic heterocycles. The van der Waals surface area contributed by atoms with Crippen molar-refractivity contribution in [2.75, 3.05) is 19.6 Å². The number of amides is 1. The van der Waals surface area contributed by atoms with Gasteiger partial charge >= 0.3 is 0 Å². The van der Waals surface area contributed by atoms with E-state index >= 15 is 0 Å². The predicted octanol–water partition coefficient (Wildman–Crippen LogP) is 3.57.